The van der Waals surface area contributed by atoms with Gasteiger partial charge in [-0.05, 0) is 32.7 Å². The maximum atomic E-state index is 12.8. The molecule has 0 unspecified atom stereocenters. The fourth-order valence-electron chi connectivity index (χ4n) is 3.57. The van der Waals surface area contributed by atoms with Gasteiger partial charge in [0.05, 0.1) is 0 Å². The lowest BCUT2D eigenvalue weighted by molar-refractivity contribution is -0.115. The summed E-state index contributed by atoms with van der Waals surface area (Å²) >= 11 is 0. The average molecular weight is 402 g/mol. The van der Waals surface area contributed by atoms with Crippen molar-refractivity contribution in [3.63, 3.8) is 0 Å². The summed E-state index contributed by atoms with van der Waals surface area (Å²) in [6.07, 6.45) is -0.507. The molecular formula is C24H19O4P. The summed E-state index contributed by atoms with van der Waals surface area (Å²) in [6, 6.07) is 25.9. The van der Waals surface area contributed by atoms with Crippen LogP contribution in [-0.4, -0.2) is 15.9 Å². The maximum Gasteiger partial charge on any atom is 0.328 e. The van der Waals surface area contributed by atoms with Crippen molar-refractivity contribution < 1.29 is 19.0 Å². The van der Waals surface area contributed by atoms with Crippen LogP contribution < -0.4 is 0 Å². The summed E-state index contributed by atoms with van der Waals surface area (Å²) in [6.45, 7) is 0. The fraction of sp³-hybridized carbons (Fsp3) is 0.0833. The molecule has 4 aromatic carbocycles. The highest BCUT2D eigenvalue weighted by molar-refractivity contribution is 7.89. The minimum absolute atomic E-state index is 0.254. The van der Waals surface area contributed by atoms with Gasteiger partial charge in [0.2, 0.25) is 11.0 Å². The summed E-state index contributed by atoms with van der Waals surface area (Å²) < 4.78 is 12.8. The zero-order chi connectivity index (χ0) is 20.4. The third-order valence-electron chi connectivity index (χ3n) is 5.12. The van der Waals surface area contributed by atoms with E-state index in [2.05, 4.69) is 0 Å². The Morgan fingerprint density at radius 3 is 1.45 bits per heavy atom. The number of hydrogen-bond acceptors (Lipinski definition) is 3. The van der Waals surface area contributed by atoms with Gasteiger partial charge in [0.25, 0.3) is 0 Å². The fourth-order valence-corrected chi connectivity index (χ4v) is 4.62. The van der Waals surface area contributed by atoms with Crippen molar-refractivity contribution in [2.75, 3.05) is 0 Å². The Balaban J connectivity index is 1.59. The van der Waals surface area contributed by atoms with E-state index >= 15 is 0 Å². The van der Waals surface area contributed by atoms with Crippen LogP contribution in [0, 0.1) is 0 Å². The highest BCUT2D eigenvalue weighted by atomic mass is 31.2. The Morgan fingerprint density at radius 2 is 1.00 bits per heavy atom. The zero-order valence-electron chi connectivity index (χ0n) is 15.6. The van der Waals surface area contributed by atoms with Crippen molar-refractivity contribution in [3.05, 3.63) is 96.1 Å². The monoisotopic (exact) mass is 402 g/mol. The first-order valence-electron chi connectivity index (χ1n) is 9.29. The molecule has 0 spiro atoms. The van der Waals surface area contributed by atoms with Gasteiger partial charge in [-0.3, -0.25) is 14.2 Å². The molecule has 1 N–H and O–H groups in total. The van der Waals surface area contributed by atoms with E-state index < -0.39 is 18.4 Å². The number of fused-ring (bicyclic) bond motifs is 2. The topological polar surface area (TPSA) is 71.4 Å². The van der Waals surface area contributed by atoms with E-state index in [9.17, 15) is 19.0 Å². The minimum atomic E-state index is -4.64. The summed E-state index contributed by atoms with van der Waals surface area (Å²) in [5.74, 6) is 0. The van der Waals surface area contributed by atoms with Crippen LogP contribution >= 0.6 is 7.37 Å². The summed E-state index contributed by atoms with van der Waals surface area (Å²) in [5.41, 5.74) is -0.584. The van der Waals surface area contributed by atoms with Crippen LogP contribution in [0.4, 0.5) is 0 Å². The van der Waals surface area contributed by atoms with Crippen LogP contribution in [0.3, 0.4) is 0 Å². The lowest BCUT2D eigenvalue weighted by Crippen LogP contribution is -2.14. The molecule has 4 aromatic rings. The van der Waals surface area contributed by atoms with Crippen molar-refractivity contribution in [2.45, 2.75) is 12.8 Å². The Labute approximate surface area is 168 Å². The molecule has 0 radical (unpaired) electrons. The summed E-state index contributed by atoms with van der Waals surface area (Å²) in [4.78, 5) is 35.7. The Morgan fingerprint density at radius 1 is 0.621 bits per heavy atom. The molecule has 144 valence electrons. The van der Waals surface area contributed by atoms with Crippen LogP contribution in [0.15, 0.2) is 84.9 Å². The van der Waals surface area contributed by atoms with E-state index in [0.29, 0.717) is 11.1 Å². The number of benzene rings is 4. The van der Waals surface area contributed by atoms with Gasteiger partial charge in [-0.25, -0.2) is 0 Å². The van der Waals surface area contributed by atoms with Crippen molar-refractivity contribution in [1.29, 1.82) is 0 Å². The molecule has 0 aliphatic rings. The lowest BCUT2D eigenvalue weighted by Gasteiger charge is -2.12. The molecule has 0 bridgehead atoms. The van der Waals surface area contributed by atoms with Gasteiger partial charge >= 0.3 is 7.37 Å². The second kappa shape index (κ2) is 7.75. The predicted octanol–water partition coefficient (Wildman–Crippen LogP) is 5.10. The second-order valence-corrected chi connectivity index (χ2v) is 9.14. The maximum absolute atomic E-state index is 12.8. The molecule has 0 heterocycles. The molecule has 0 aliphatic carbocycles. The van der Waals surface area contributed by atoms with Crippen molar-refractivity contribution >= 4 is 40.0 Å². The number of rotatable bonds is 6. The van der Waals surface area contributed by atoms with Crippen molar-refractivity contribution in [1.82, 2.24) is 0 Å². The Kier molecular flexibility index (Phi) is 5.14. The van der Waals surface area contributed by atoms with Crippen LogP contribution in [0.2, 0.25) is 0 Å². The molecule has 5 heteroatoms. The molecule has 4 rings (SSSR count). The molecule has 0 amide bonds. The van der Waals surface area contributed by atoms with Crippen LogP contribution in [0.5, 0.6) is 0 Å². The van der Waals surface area contributed by atoms with Gasteiger partial charge in [-0.2, -0.15) is 0 Å². The third kappa shape index (κ3) is 3.77. The highest BCUT2D eigenvalue weighted by Crippen LogP contribution is 2.45. The lowest BCUT2D eigenvalue weighted by atomic mass is 10.0. The van der Waals surface area contributed by atoms with Crippen molar-refractivity contribution in [3.8, 4) is 0 Å². The minimum Gasteiger partial charge on any atom is -0.334 e. The smallest absolute Gasteiger partial charge is 0.328 e. The van der Waals surface area contributed by atoms with Gasteiger partial charge in [0.1, 0.15) is 0 Å². The number of hydrogen-bond donors (Lipinski definition) is 1. The molecule has 29 heavy (non-hydrogen) atoms. The van der Waals surface area contributed by atoms with E-state index in [1.165, 1.54) is 0 Å². The standard InChI is InChI=1S/C24H19O4P/c25-23(15-19-11-5-9-17-7-1-3-13-21(17)19)29(27,28)24(26)16-20-12-6-10-18-8-2-4-14-22(18)20/h1-14H,15-16H2,(H,27,28). The molecule has 0 fully saturated rings. The van der Waals surface area contributed by atoms with E-state index in [1.54, 1.807) is 24.3 Å². The molecular weight excluding hydrogens is 383 g/mol. The highest BCUT2D eigenvalue weighted by Gasteiger charge is 2.37. The Bertz CT molecular complexity index is 1180. The molecule has 0 saturated carbocycles. The number of carbonyl (C=O) groups excluding carboxylic acids is 2. The summed E-state index contributed by atoms with van der Waals surface area (Å²) in [7, 11) is -4.64. The number of carbonyl (C=O) groups is 2. The zero-order valence-corrected chi connectivity index (χ0v) is 16.5. The van der Waals surface area contributed by atoms with Crippen LogP contribution in [0.1, 0.15) is 11.1 Å². The molecule has 0 atom stereocenters. The summed E-state index contributed by atoms with van der Waals surface area (Å²) in [5, 5.41) is 3.55. The Hall–Kier alpha value is -3.07. The molecule has 0 saturated heterocycles. The predicted molar refractivity (Wildman–Crippen MR) is 115 cm³/mol. The van der Waals surface area contributed by atoms with Gasteiger partial charge in [-0.15, -0.1) is 0 Å². The molecule has 0 aliphatic heterocycles. The van der Waals surface area contributed by atoms with E-state index in [4.69, 9.17) is 0 Å². The van der Waals surface area contributed by atoms with Crippen LogP contribution in [-0.2, 0) is 27.0 Å². The van der Waals surface area contributed by atoms with E-state index in [-0.39, 0.29) is 12.8 Å². The van der Waals surface area contributed by atoms with Crippen molar-refractivity contribution in [2.24, 2.45) is 0 Å². The average Bonchev–Trinajstić information content (AvgIpc) is 2.74. The quantitative estimate of drug-likeness (QED) is 0.456. The molecule has 0 aromatic heterocycles. The third-order valence-corrected chi connectivity index (χ3v) is 6.79. The normalized spacial score (nSPS) is 11.6. The van der Waals surface area contributed by atoms with E-state index in [1.807, 2.05) is 60.7 Å². The first-order valence-corrected chi connectivity index (χ1v) is 11.0. The van der Waals surface area contributed by atoms with Gasteiger partial charge < -0.3 is 4.89 Å². The van der Waals surface area contributed by atoms with E-state index in [0.717, 1.165) is 21.5 Å². The first kappa shape index (κ1) is 19.3. The SMILES string of the molecule is O=C(Cc1cccc2ccccc12)P(=O)(O)C(=O)Cc1cccc2ccccc12. The molecule has 4 nitrogen and oxygen atoms in total. The first-order chi connectivity index (χ1) is 14.0. The van der Waals surface area contributed by atoms with Gasteiger partial charge in [0.15, 0.2) is 0 Å². The second-order valence-electron chi connectivity index (χ2n) is 6.99. The van der Waals surface area contributed by atoms with Gasteiger partial charge in [-0.1, -0.05) is 84.9 Å². The van der Waals surface area contributed by atoms with Gasteiger partial charge in [0, 0.05) is 12.8 Å². The largest absolute Gasteiger partial charge is 0.334 e. The van der Waals surface area contributed by atoms with Crippen LogP contribution in [0.25, 0.3) is 21.5 Å².